The molecule has 3 aliphatic rings. The summed E-state index contributed by atoms with van der Waals surface area (Å²) >= 11 is 0. The predicted molar refractivity (Wildman–Crippen MR) is 56.2 cm³/mol. The molecule has 0 amide bonds. The van der Waals surface area contributed by atoms with E-state index >= 15 is 0 Å². The Labute approximate surface area is 84.6 Å². The fourth-order valence-corrected chi connectivity index (χ4v) is 2.79. The average molecular weight is 191 g/mol. The summed E-state index contributed by atoms with van der Waals surface area (Å²) in [4.78, 5) is 2.51. The molecule has 2 aliphatic heterocycles. The third-order valence-electron chi connectivity index (χ3n) is 3.49. The molecule has 0 radical (unpaired) electrons. The zero-order chi connectivity index (χ0) is 9.54. The van der Waals surface area contributed by atoms with Crippen LogP contribution in [0.2, 0.25) is 0 Å². The van der Waals surface area contributed by atoms with Crippen LogP contribution < -0.4 is 11.1 Å². The van der Waals surface area contributed by atoms with Gasteiger partial charge in [-0.1, -0.05) is 6.08 Å². The van der Waals surface area contributed by atoms with Crippen LogP contribution >= 0.6 is 0 Å². The molecule has 3 rings (SSSR count). The van der Waals surface area contributed by atoms with Gasteiger partial charge in [0.1, 0.15) is 0 Å². The Morgan fingerprint density at radius 1 is 1.43 bits per heavy atom. The van der Waals surface area contributed by atoms with Crippen LogP contribution in [0, 0.1) is 0 Å². The van der Waals surface area contributed by atoms with Crippen LogP contribution in [-0.2, 0) is 0 Å². The Balaban J connectivity index is 1.90. The van der Waals surface area contributed by atoms with Gasteiger partial charge in [-0.2, -0.15) is 0 Å². The second kappa shape index (κ2) is 3.02. The zero-order valence-electron chi connectivity index (χ0n) is 8.37. The summed E-state index contributed by atoms with van der Waals surface area (Å²) in [6.07, 6.45) is 9.88. The second-order valence-corrected chi connectivity index (χ2v) is 4.43. The minimum Gasteiger partial charge on any atom is -0.399 e. The van der Waals surface area contributed by atoms with E-state index in [-0.39, 0.29) is 0 Å². The highest BCUT2D eigenvalue weighted by Gasteiger charge is 2.36. The van der Waals surface area contributed by atoms with Gasteiger partial charge in [-0.3, -0.25) is 5.32 Å². The number of piperidine rings is 1. The van der Waals surface area contributed by atoms with Crippen molar-refractivity contribution in [3.8, 4) is 0 Å². The highest BCUT2D eigenvalue weighted by Crippen LogP contribution is 2.32. The van der Waals surface area contributed by atoms with E-state index < -0.39 is 0 Å². The fourth-order valence-electron chi connectivity index (χ4n) is 2.79. The van der Waals surface area contributed by atoms with Crippen molar-refractivity contribution in [2.75, 3.05) is 6.54 Å². The first-order valence-electron chi connectivity index (χ1n) is 5.54. The van der Waals surface area contributed by atoms with Crippen molar-refractivity contribution >= 4 is 0 Å². The van der Waals surface area contributed by atoms with Crippen molar-refractivity contribution in [1.82, 2.24) is 10.2 Å². The molecular weight excluding hydrogens is 174 g/mol. The van der Waals surface area contributed by atoms with Crippen LogP contribution in [0.25, 0.3) is 0 Å². The molecule has 0 bridgehead atoms. The highest BCUT2D eigenvalue weighted by atomic mass is 15.4. The fraction of sp³-hybridized carbons (Fsp3) is 0.636. The van der Waals surface area contributed by atoms with Crippen LogP contribution in [-0.4, -0.2) is 23.7 Å². The number of hydrogen-bond donors (Lipinski definition) is 2. The molecule has 2 unspecified atom stereocenters. The monoisotopic (exact) mass is 191 g/mol. The summed E-state index contributed by atoms with van der Waals surface area (Å²) in [5.41, 5.74) is 8.20. The topological polar surface area (TPSA) is 41.3 Å². The summed E-state index contributed by atoms with van der Waals surface area (Å²) in [7, 11) is 0. The minimum absolute atomic E-state index is 0.533. The molecule has 0 saturated carbocycles. The normalized spacial score (nSPS) is 35.9. The lowest BCUT2D eigenvalue weighted by Crippen LogP contribution is -2.39. The lowest BCUT2D eigenvalue weighted by molar-refractivity contribution is 0.212. The molecule has 2 heterocycles. The van der Waals surface area contributed by atoms with Crippen molar-refractivity contribution in [3.63, 3.8) is 0 Å². The third kappa shape index (κ3) is 1.16. The van der Waals surface area contributed by atoms with E-state index in [2.05, 4.69) is 22.4 Å². The first-order chi connectivity index (χ1) is 6.84. The predicted octanol–water partition coefficient (Wildman–Crippen LogP) is 0.900. The molecule has 3 N–H and O–H groups in total. The van der Waals surface area contributed by atoms with Crippen LogP contribution in [0.3, 0.4) is 0 Å². The molecule has 3 heteroatoms. The summed E-state index contributed by atoms with van der Waals surface area (Å²) < 4.78 is 0. The Morgan fingerprint density at radius 3 is 3.29 bits per heavy atom. The Bertz CT molecular complexity index is 306. The van der Waals surface area contributed by atoms with E-state index in [9.17, 15) is 0 Å². The van der Waals surface area contributed by atoms with Crippen LogP contribution in [0.4, 0.5) is 0 Å². The molecule has 3 nitrogen and oxygen atoms in total. The lowest BCUT2D eigenvalue weighted by atomic mass is 10.0. The summed E-state index contributed by atoms with van der Waals surface area (Å²) in [6.45, 7) is 1.20. The van der Waals surface area contributed by atoms with Crippen molar-refractivity contribution in [2.24, 2.45) is 5.73 Å². The number of rotatable bonds is 0. The molecule has 76 valence electrons. The van der Waals surface area contributed by atoms with Crippen molar-refractivity contribution < 1.29 is 0 Å². The molecule has 0 aromatic rings. The number of nitrogens with one attached hydrogen (secondary N) is 1. The van der Waals surface area contributed by atoms with Crippen LogP contribution in [0.5, 0.6) is 0 Å². The first kappa shape index (κ1) is 8.36. The SMILES string of the molecule is NC1=CCC2NC3CCCCN3C2=C1. The van der Waals surface area contributed by atoms with E-state index in [1.807, 2.05) is 0 Å². The van der Waals surface area contributed by atoms with E-state index in [1.54, 1.807) is 0 Å². The van der Waals surface area contributed by atoms with Crippen LogP contribution in [0.1, 0.15) is 25.7 Å². The van der Waals surface area contributed by atoms with Gasteiger partial charge in [-0.25, -0.2) is 0 Å². The molecule has 2 saturated heterocycles. The lowest BCUT2D eigenvalue weighted by Gasteiger charge is -2.31. The van der Waals surface area contributed by atoms with E-state index in [0.29, 0.717) is 12.2 Å². The van der Waals surface area contributed by atoms with Crippen molar-refractivity contribution in [3.05, 3.63) is 23.5 Å². The molecule has 2 fully saturated rings. The Kier molecular flexibility index (Phi) is 1.80. The number of allylic oxidation sites excluding steroid dienone is 1. The quantitative estimate of drug-likeness (QED) is 0.598. The van der Waals surface area contributed by atoms with Crippen molar-refractivity contribution in [1.29, 1.82) is 0 Å². The number of hydrogen-bond acceptors (Lipinski definition) is 3. The minimum atomic E-state index is 0.533. The maximum Gasteiger partial charge on any atom is 0.0798 e. The molecule has 2 atom stereocenters. The third-order valence-corrected chi connectivity index (χ3v) is 3.49. The van der Waals surface area contributed by atoms with Gasteiger partial charge in [0, 0.05) is 17.9 Å². The average Bonchev–Trinajstić information content (AvgIpc) is 2.56. The van der Waals surface area contributed by atoms with Gasteiger partial charge in [0.05, 0.1) is 12.2 Å². The second-order valence-electron chi connectivity index (χ2n) is 4.43. The largest absolute Gasteiger partial charge is 0.399 e. The van der Waals surface area contributed by atoms with Gasteiger partial charge in [-0.15, -0.1) is 0 Å². The number of nitrogens with two attached hydrogens (primary N) is 1. The van der Waals surface area contributed by atoms with E-state index in [4.69, 9.17) is 5.73 Å². The van der Waals surface area contributed by atoms with E-state index in [0.717, 1.165) is 12.1 Å². The van der Waals surface area contributed by atoms with Gasteiger partial charge in [0.25, 0.3) is 0 Å². The van der Waals surface area contributed by atoms with Gasteiger partial charge < -0.3 is 10.6 Å². The smallest absolute Gasteiger partial charge is 0.0798 e. The molecule has 1 aliphatic carbocycles. The molecule has 0 spiro atoms. The molecule has 14 heavy (non-hydrogen) atoms. The highest BCUT2D eigenvalue weighted by molar-refractivity contribution is 5.32. The molecular formula is C11H17N3. The maximum absolute atomic E-state index is 5.84. The number of nitrogens with zero attached hydrogens (tertiary/aromatic N) is 1. The molecule has 0 aromatic carbocycles. The van der Waals surface area contributed by atoms with Gasteiger partial charge in [0.15, 0.2) is 0 Å². The standard InChI is InChI=1S/C11H17N3/c12-8-4-5-9-10(7-8)14-6-2-1-3-11(14)13-9/h4,7,9,11,13H,1-3,5-6,12H2. The van der Waals surface area contributed by atoms with Crippen molar-refractivity contribution in [2.45, 2.75) is 37.9 Å². The Hall–Kier alpha value is -0.960. The maximum atomic E-state index is 5.84. The zero-order valence-corrected chi connectivity index (χ0v) is 8.37. The van der Waals surface area contributed by atoms with Gasteiger partial charge in [-0.05, 0) is 31.8 Å². The van der Waals surface area contributed by atoms with Gasteiger partial charge >= 0.3 is 0 Å². The molecule has 0 aromatic heterocycles. The number of fused-ring (bicyclic) bond motifs is 3. The first-order valence-corrected chi connectivity index (χ1v) is 5.54. The van der Waals surface area contributed by atoms with E-state index in [1.165, 1.54) is 31.5 Å². The Morgan fingerprint density at radius 2 is 2.36 bits per heavy atom. The van der Waals surface area contributed by atoms with Gasteiger partial charge in [0.2, 0.25) is 0 Å². The summed E-state index contributed by atoms with van der Waals surface area (Å²) in [5, 5.41) is 3.67. The summed E-state index contributed by atoms with van der Waals surface area (Å²) in [6, 6.07) is 0.533. The summed E-state index contributed by atoms with van der Waals surface area (Å²) in [5.74, 6) is 0. The van der Waals surface area contributed by atoms with Crippen LogP contribution in [0.15, 0.2) is 23.5 Å².